The van der Waals surface area contributed by atoms with Crippen molar-refractivity contribution in [1.82, 2.24) is 4.57 Å². The number of aromatic nitrogens is 1. The molecule has 26 heavy (non-hydrogen) atoms. The highest BCUT2D eigenvalue weighted by atomic mass is 32.1. The number of nitrogens with zero attached hydrogens (tertiary/aromatic N) is 2. The first-order valence-electron chi connectivity index (χ1n) is 8.96. The first-order chi connectivity index (χ1) is 12.5. The summed E-state index contributed by atoms with van der Waals surface area (Å²) in [6.07, 6.45) is 0.989. The van der Waals surface area contributed by atoms with Crippen LogP contribution in [0.3, 0.4) is 0 Å². The van der Waals surface area contributed by atoms with Crippen LogP contribution in [-0.4, -0.2) is 17.1 Å². The fourth-order valence-corrected chi connectivity index (χ4v) is 4.15. The van der Waals surface area contributed by atoms with Crippen molar-refractivity contribution in [2.45, 2.75) is 40.7 Å². The number of fused-ring (bicyclic) bond motifs is 1. The molecule has 136 valence electrons. The minimum Gasteiger partial charge on any atom is -0.494 e. The predicted molar refractivity (Wildman–Crippen MR) is 107 cm³/mol. The summed E-state index contributed by atoms with van der Waals surface area (Å²) in [4.78, 5) is 17.8. The molecule has 0 aliphatic rings. The highest BCUT2D eigenvalue weighted by molar-refractivity contribution is 7.16. The Kier molecular flexibility index (Phi) is 5.57. The van der Waals surface area contributed by atoms with Crippen LogP contribution in [0.15, 0.2) is 41.4 Å². The lowest BCUT2D eigenvalue weighted by Gasteiger charge is -2.05. The number of thiazole rings is 1. The van der Waals surface area contributed by atoms with Gasteiger partial charge in [-0.1, -0.05) is 24.3 Å². The second kappa shape index (κ2) is 7.87. The van der Waals surface area contributed by atoms with Gasteiger partial charge in [0.1, 0.15) is 5.75 Å². The summed E-state index contributed by atoms with van der Waals surface area (Å²) in [5.41, 5.74) is 4.18. The number of amides is 1. The molecule has 0 unspecified atom stereocenters. The van der Waals surface area contributed by atoms with Gasteiger partial charge in [-0.3, -0.25) is 4.79 Å². The van der Waals surface area contributed by atoms with E-state index in [0.717, 1.165) is 29.0 Å². The lowest BCUT2D eigenvalue weighted by molar-refractivity contribution is 0.0998. The molecule has 1 amide bonds. The molecule has 0 aliphatic heterocycles. The van der Waals surface area contributed by atoms with Crippen molar-refractivity contribution in [2.24, 2.45) is 4.99 Å². The molecule has 0 saturated carbocycles. The number of ether oxygens (including phenoxy) is 1. The van der Waals surface area contributed by atoms with Gasteiger partial charge in [0, 0.05) is 12.1 Å². The van der Waals surface area contributed by atoms with Crippen molar-refractivity contribution < 1.29 is 9.53 Å². The largest absolute Gasteiger partial charge is 0.494 e. The Morgan fingerprint density at radius 3 is 2.54 bits per heavy atom. The standard InChI is InChI=1S/C21H24N2O2S/c1-5-11-23-18-13-14(3)12-15(4)19(18)26-21(23)22-20(24)16-7-9-17(10-8-16)25-6-2/h7-10,12-13H,5-6,11H2,1-4H3. The van der Waals surface area contributed by atoms with Gasteiger partial charge in [-0.15, -0.1) is 0 Å². The molecule has 1 heterocycles. The first kappa shape index (κ1) is 18.4. The third kappa shape index (κ3) is 3.73. The summed E-state index contributed by atoms with van der Waals surface area (Å²) in [5, 5.41) is 0. The van der Waals surface area contributed by atoms with Crippen LogP contribution in [0.4, 0.5) is 0 Å². The van der Waals surface area contributed by atoms with Crippen LogP contribution in [0.5, 0.6) is 5.75 Å². The van der Waals surface area contributed by atoms with E-state index in [1.54, 1.807) is 23.5 Å². The van der Waals surface area contributed by atoms with Crippen LogP contribution in [0.1, 0.15) is 41.8 Å². The lowest BCUT2D eigenvalue weighted by atomic mass is 10.1. The van der Waals surface area contributed by atoms with Crippen LogP contribution in [0.2, 0.25) is 0 Å². The Hall–Kier alpha value is -2.40. The van der Waals surface area contributed by atoms with Crippen LogP contribution in [0, 0.1) is 13.8 Å². The molecule has 0 fully saturated rings. The SMILES string of the molecule is CCCn1c(=NC(=O)c2ccc(OCC)cc2)sc2c(C)cc(C)cc21. The molecule has 0 atom stereocenters. The average Bonchev–Trinajstić information content (AvgIpc) is 2.94. The Balaban J connectivity index is 2.06. The fraction of sp³-hybridized carbons (Fsp3) is 0.333. The maximum Gasteiger partial charge on any atom is 0.279 e. The minimum atomic E-state index is -0.223. The van der Waals surface area contributed by atoms with Crippen molar-refractivity contribution >= 4 is 27.5 Å². The molecular formula is C21H24N2O2S. The summed E-state index contributed by atoms with van der Waals surface area (Å²) < 4.78 is 8.79. The molecule has 1 aromatic heterocycles. The lowest BCUT2D eigenvalue weighted by Crippen LogP contribution is -2.16. The molecule has 0 N–H and O–H groups in total. The van der Waals surface area contributed by atoms with Gasteiger partial charge >= 0.3 is 0 Å². The van der Waals surface area contributed by atoms with Gasteiger partial charge in [-0.25, -0.2) is 0 Å². The monoisotopic (exact) mass is 368 g/mol. The van der Waals surface area contributed by atoms with Gasteiger partial charge in [0.15, 0.2) is 4.80 Å². The zero-order chi connectivity index (χ0) is 18.7. The fourth-order valence-electron chi connectivity index (χ4n) is 3.05. The maximum atomic E-state index is 12.7. The van der Waals surface area contributed by atoms with Crippen molar-refractivity contribution in [2.75, 3.05) is 6.61 Å². The molecule has 0 bridgehead atoms. The number of benzene rings is 2. The number of aryl methyl sites for hydroxylation is 3. The average molecular weight is 369 g/mol. The molecular weight excluding hydrogens is 344 g/mol. The molecule has 0 spiro atoms. The van der Waals surface area contributed by atoms with E-state index < -0.39 is 0 Å². The predicted octanol–water partition coefficient (Wildman–Crippen LogP) is 4.87. The summed E-state index contributed by atoms with van der Waals surface area (Å²) in [5.74, 6) is 0.539. The van der Waals surface area contributed by atoms with Crippen molar-refractivity contribution in [1.29, 1.82) is 0 Å². The second-order valence-corrected chi connectivity index (χ2v) is 7.32. The smallest absolute Gasteiger partial charge is 0.279 e. The van der Waals surface area contributed by atoms with E-state index in [1.165, 1.54) is 15.8 Å². The second-order valence-electron chi connectivity index (χ2n) is 6.34. The quantitative estimate of drug-likeness (QED) is 0.645. The van der Waals surface area contributed by atoms with E-state index in [9.17, 15) is 4.79 Å². The van der Waals surface area contributed by atoms with Crippen molar-refractivity contribution in [3.05, 3.63) is 57.9 Å². The molecule has 2 aromatic carbocycles. The van der Waals surface area contributed by atoms with Crippen LogP contribution in [0.25, 0.3) is 10.2 Å². The number of rotatable bonds is 5. The molecule has 4 nitrogen and oxygen atoms in total. The van der Waals surface area contributed by atoms with Gasteiger partial charge in [0.05, 0.1) is 16.8 Å². The van der Waals surface area contributed by atoms with E-state index in [2.05, 4.69) is 42.5 Å². The maximum absolute atomic E-state index is 12.7. The number of carbonyl (C=O) groups is 1. The summed E-state index contributed by atoms with van der Waals surface area (Å²) in [6, 6.07) is 11.5. The summed E-state index contributed by atoms with van der Waals surface area (Å²) in [7, 11) is 0. The first-order valence-corrected chi connectivity index (χ1v) is 9.77. The summed E-state index contributed by atoms with van der Waals surface area (Å²) in [6.45, 7) is 9.74. The van der Waals surface area contributed by atoms with Crippen LogP contribution in [-0.2, 0) is 6.54 Å². The Morgan fingerprint density at radius 2 is 1.88 bits per heavy atom. The van der Waals surface area contributed by atoms with Gasteiger partial charge in [-0.2, -0.15) is 4.99 Å². The molecule has 0 radical (unpaired) electrons. The topological polar surface area (TPSA) is 43.6 Å². The molecule has 0 saturated heterocycles. The van der Waals surface area contributed by atoms with Gasteiger partial charge in [0.2, 0.25) is 0 Å². The zero-order valence-electron chi connectivity index (χ0n) is 15.7. The Labute approximate surface area is 157 Å². The Morgan fingerprint density at radius 1 is 1.15 bits per heavy atom. The van der Waals surface area contributed by atoms with Gasteiger partial charge < -0.3 is 9.30 Å². The number of hydrogen-bond donors (Lipinski definition) is 0. The third-order valence-electron chi connectivity index (χ3n) is 4.17. The zero-order valence-corrected chi connectivity index (χ0v) is 16.5. The minimum absolute atomic E-state index is 0.223. The van der Waals surface area contributed by atoms with E-state index in [0.29, 0.717) is 12.2 Å². The van der Waals surface area contributed by atoms with E-state index in [4.69, 9.17) is 4.74 Å². The van der Waals surface area contributed by atoms with Crippen LogP contribution >= 0.6 is 11.3 Å². The van der Waals surface area contributed by atoms with Crippen molar-refractivity contribution in [3.8, 4) is 5.75 Å². The molecule has 0 aliphatic carbocycles. The molecule has 5 heteroatoms. The van der Waals surface area contributed by atoms with E-state index in [1.807, 2.05) is 19.1 Å². The van der Waals surface area contributed by atoms with E-state index in [-0.39, 0.29) is 5.91 Å². The van der Waals surface area contributed by atoms with Gasteiger partial charge in [0.25, 0.3) is 5.91 Å². The third-order valence-corrected chi connectivity index (χ3v) is 5.40. The number of carbonyl (C=O) groups excluding carboxylic acids is 1. The highest BCUT2D eigenvalue weighted by Gasteiger charge is 2.11. The Bertz CT molecular complexity index is 997. The van der Waals surface area contributed by atoms with Crippen molar-refractivity contribution in [3.63, 3.8) is 0 Å². The van der Waals surface area contributed by atoms with Crippen LogP contribution < -0.4 is 9.54 Å². The van der Waals surface area contributed by atoms with E-state index >= 15 is 0 Å². The summed E-state index contributed by atoms with van der Waals surface area (Å²) >= 11 is 1.58. The molecule has 3 aromatic rings. The normalized spacial score (nSPS) is 11.9. The number of hydrogen-bond acceptors (Lipinski definition) is 3. The van der Waals surface area contributed by atoms with Gasteiger partial charge in [-0.05, 0) is 68.7 Å². The molecule has 3 rings (SSSR count). The highest BCUT2D eigenvalue weighted by Crippen LogP contribution is 2.24.